The van der Waals surface area contributed by atoms with Crippen molar-refractivity contribution in [1.29, 1.82) is 0 Å². The summed E-state index contributed by atoms with van der Waals surface area (Å²) in [4.78, 5) is 26.0. The molecule has 2 N–H and O–H groups in total. The van der Waals surface area contributed by atoms with E-state index in [4.69, 9.17) is 11.6 Å². The van der Waals surface area contributed by atoms with Gasteiger partial charge >= 0.3 is 0 Å². The van der Waals surface area contributed by atoms with Crippen LogP contribution in [0, 0.1) is 11.8 Å². The number of piperidine rings is 1. The monoisotopic (exact) mass is 375 g/mol. The zero-order valence-corrected chi connectivity index (χ0v) is 15.9. The molecule has 2 heterocycles. The maximum absolute atomic E-state index is 12.4. The molecule has 1 aromatic carbocycles. The van der Waals surface area contributed by atoms with E-state index in [1.54, 1.807) is 4.90 Å². The van der Waals surface area contributed by atoms with E-state index in [9.17, 15) is 9.59 Å². The number of hydrogen-bond donors (Lipinski definition) is 2. The molecule has 6 heteroatoms. The summed E-state index contributed by atoms with van der Waals surface area (Å²) in [6.07, 6.45) is 5.25. The van der Waals surface area contributed by atoms with Gasteiger partial charge in [0, 0.05) is 42.8 Å². The second-order valence-corrected chi connectivity index (χ2v) is 8.51. The second-order valence-electron chi connectivity index (χ2n) is 7.90. The molecule has 1 saturated heterocycles. The molecule has 2 aliphatic heterocycles. The number of hydrogen-bond acceptors (Lipinski definition) is 3. The molecule has 0 spiro atoms. The maximum atomic E-state index is 12.4. The smallest absolute Gasteiger partial charge is 0.227 e. The Morgan fingerprint density at radius 2 is 2.08 bits per heavy atom. The first kappa shape index (κ1) is 17.7. The Kier molecular flexibility index (Phi) is 4.82. The van der Waals surface area contributed by atoms with E-state index in [0.29, 0.717) is 24.9 Å². The summed E-state index contributed by atoms with van der Waals surface area (Å²) >= 11 is 6.33. The third-order valence-electron chi connectivity index (χ3n) is 6.18. The van der Waals surface area contributed by atoms with Crippen molar-refractivity contribution in [3.8, 4) is 0 Å². The third kappa shape index (κ3) is 3.41. The summed E-state index contributed by atoms with van der Waals surface area (Å²) in [6.45, 7) is 0.634. The van der Waals surface area contributed by atoms with Gasteiger partial charge in [-0.15, -0.1) is 11.6 Å². The number of rotatable bonds is 3. The van der Waals surface area contributed by atoms with E-state index in [1.165, 1.54) is 5.56 Å². The van der Waals surface area contributed by atoms with Crippen LogP contribution in [-0.4, -0.2) is 36.8 Å². The fourth-order valence-corrected chi connectivity index (χ4v) is 4.97. The molecular weight excluding hydrogens is 350 g/mol. The van der Waals surface area contributed by atoms with Gasteiger partial charge in [-0.25, -0.2) is 0 Å². The van der Waals surface area contributed by atoms with E-state index >= 15 is 0 Å². The molecule has 140 valence electrons. The maximum Gasteiger partial charge on any atom is 0.227 e. The van der Waals surface area contributed by atoms with Gasteiger partial charge in [-0.2, -0.15) is 0 Å². The Morgan fingerprint density at radius 1 is 1.23 bits per heavy atom. The van der Waals surface area contributed by atoms with E-state index in [1.807, 2.05) is 19.2 Å². The van der Waals surface area contributed by atoms with Crippen molar-refractivity contribution in [2.75, 3.05) is 23.8 Å². The SMILES string of the molecule is CN1C(=O)CCc2cc(NCC3CC4CC(Cl)CCC4NC3=O)ccc21. The molecule has 2 amide bonds. The van der Waals surface area contributed by atoms with Crippen molar-refractivity contribution < 1.29 is 9.59 Å². The predicted octanol–water partition coefficient (Wildman–Crippen LogP) is 2.92. The number of carbonyl (C=O) groups excluding carboxylic acids is 2. The van der Waals surface area contributed by atoms with Crippen molar-refractivity contribution in [2.45, 2.75) is 49.9 Å². The minimum Gasteiger partial charge on any atom is -0.384 e. The second kappa shape index (κ2) is 7.10. The lowest BCUT2D eigenvalue weighted by Crippen LogP contribution is -2.53. The highest BCUT2D eigenvalue weighted by Gasteiger charge is 2.38. The number of halogens is 1. The number of benzene rings is 1. The average Bonchev–Trinajstić information content (AvgIpc) is 2.63. The number of amides is 2. The first-order valence-electron chi connectivity index (χ1n) is 9.59. The quantitative estimate of drug-likeness (QED) is 0.798. The Morgan fingerprint density at radius 3 is 2.92 bits per heavy atom. The standard InChI is InChI=1S/C20H26ClN3O2/c1-24-18-6-4-16(10-12(18)2-7-19(24)25)22-11-14-8-13-9-15(21)3-5-17(13)23-20(14)26/h4,6,10,13-15,17,22H,2-3,5,7-9,11H2,1H3,(H,23,26). The first-order valence-corrected chi connectivity index (χ1v) is 10.0. The van der Waals surface area contributed by atoms with Crippen LogP contribution in [0.25, 0.3) is 0 Å². The molecule has 0 radical (unpaired) electrons. The number of carbonyl (C=O) groups is 2. The molecule has 4 atom stereocenters. The zero-order valence-electron chi connectivity index (χ0n) is 15.1. The van der Waals surface area contributed by atoms with Crippen LogP contribution in [0.2, 0.25) is 0 Å². The number of fused-ring (bicyclic) bond motifs is 2. The minimum absolute atomic E-state index is 0.0153. The summed E-state index contributed by atoms with van der Waals surface area (Å²) in [5.74, 6) is 0.809. The van der Waals surface area contributed by atoms with Gasteiger partial charge in [0.15, 0.2) is 0 Å². The average molecular weight is 376 g/mol. The molecule has 4 unspecified atom stereocenters. The topological polar surface area (TPSA) is 61.4 Å². The van der Waals surface area contributed by atoms with Crippen LogP contribution in [0.15, 0.2) is 18.2 Å². The van der Waals surface area contributed by atoms with Gasteiger partial charge in [-0.1, -0.05) is 0 Å². The molecule has 1 aliphatic carbocycles. The van der Waals surface area contributed by atoms with E-state index in [0.717, 1.165) is 43.5 Å². The zero-order chi connectivity index (χ0) is 18.3. The van der Waals surface area contributed by atoms with Gasteiger partial charge in [-0.05, 0) is 61.8 Å². The van der Waals surface area contributed by atoms with Gasteiger partial charge in [0.25, 0.3) is 0 Å². The molecule has 2 fully saturated rings. The number of alkyl halides is 1. The lowest BCUT2D eigenvalue weighted by Gasteiger charge is -2.41. The number of aryl methyl sites for hydroxylation is 1. The van der Waals surface area contributed by atoms with Crippen molar-refractivity contribution in [3.05, 3.63) is 23.8 Å². The van der Waals surface area contributed by atoms with Crippen LogP contribution < -0.4 is 15.5 Å². The van der Waals surface area contributed by atoms with Gasteiger partial charge in [0.2, 0.25) is 11.8 Å². The fourth-order valence-electron chi connectivity index (χ4n) is 4.61. The van der Waals surface area contributed by atoms with Crippen LogP contribution in [0.1, 0.15) is 37.7 Å². The number of nitrogens with zero attached hydrogens (tertiary/aromatic N) is 1. The summed E-state index contributed by atoms with van der Waals surface area (Å²) in [6, 6.07) is 6.40. The molecule has 26 heavy (non-hydrogen) atoms. The Hall–Kier alpha value is -1.75. The van der Waals surface area contributed by atoms with Crippen molar-refractivity contribution in [1.82, 2.24) is 5.32 Å². The third-order valence-corrected chi connectivity index (χ3v) is 6.58. The summed E-state index contributed by atoms with van der Waals surface area (Å²) in [5, 5.41) is 6.88. The summed E-state index contributed by atoms with van der Waals surface area (Å²) in [5.41, 5.74) is 3.18. The normalized spacial score (nSPS) is 31.1. The molecule has 4 rings (SSSR count). The molecule has 0 aromatic heterocycles. The van der Waals surface area contributed by atoms with Gasteiger partial charge in [0.1, 0.15) is 0 Å². The fraction of sp³-hybridized carbons (Fsp3) is 0.600. The molecule has 3 aliphatic rings. The van der Waals surface area contributed by atoms with Crippen LogP contribution >= 0.6 is 11.6 Å². The highest BCUT2D eigenvalue weighted by Crippen LogP contribution is 2.36. The Labute approximate surface area is 159 Å². The van der Waals surface area contributed by atoms with Gasteiger partial charge < -0.3 is 15.5 Å². The highest BCUT2D eigenvalue weighted by atomic mass is 35.5. The summed E-state index contributed by atoms with van der Waals surface area (Å²) in [7, 11) is 1.82. The highest BCUT2D eigenvalue weighted by molar-refractivity contribution is 6.20. The lowest BCUT2D eigenvalue weighted by atomic mass is 9.75. The lowest BCUT2D eigenvalue weighted by molar-refractivity contribution is -0.129. The van der Waals surface area contributed by atoms with E-state index in [-0.39, 0.29) is 23.1 Å². The van der Waals surface area contributed by atoms with Crippen molar-refractivity contribution >= 4 is 34.8 Å². The minimum atomic E-state index is -0.0153. The van der Waals surface area contributed by atoms with Crippen LogP contribution in [0.4, 0.5) is 11.4 Å². The molecule has 1 saturated carbocycles. The first-order chi connectivity index (χ1) is 12.5. The number of nitrogens with one attached hydrogen (secondary N) is 2. The Balaban J connectivity index is 1.39. The van der Waals surface area contributed by atoms with Gasteiger partial charge in [-0.3, -0.25) is 9.59 Å². The van der Waals surface area contributed by atoms with Crippen molar-refractivity contribution in [3.63, 3.8) is 0 Å². The predicted molar refractivity (Wildman–Crippen MR) is 104 cm³/mol. The molecule has 5 nitrogen and oxygen atoms in total. The van der Waals surface area contributed by atoms with Crippen molar-refractivity contribution in [2.24, 2.45) is 11.8 Å². The Bertz CT molecular complexity index is 723. The van der Waals surface area contributed by atoms with Crippen LogP contribution in [0.5, 0.6) is 0 Å². The van der Waals surface area contributed by atoms with E-state index < -0.39 is 0 Å². The van der Waals surface area contributed by atoms with Gasteiger partial charge in [0.05, 0.1) is 5.92 Å². The van der Waals surface area contributed by atoms with Crippen LogP contribution in [0.3, 0.4) is 0 Å². The summed E-state index contributed by atoms with van der Waals surface area (Å²) < 4.78 is 0. The number of anilines is 2. The molecular formula is C20H26ClN3O2. The van der Waals surface area contributed by atoms with E-state index in [2.05, 4.69) is 16.7 Å². The molecule has 1 aromatic rings. The van der Waals surface area contributed by atoms with Crippen LogP contribution in [-0.2, 0) is 16.0 Å². The molecule has 0 bridgehead atoms. The largest absolute Gasteiger partial charge is 0.384 e.